The van der Waals surface area contributed by atoms with Gasteiger partial charge in [0.25, 0.3) is 16.0 Å². The van der Waals surface area contributed by atoms with Gasteiger partial charge in [-0.15, -0.1) is 0 Å². The summed E-state index contributed by atoms with van der Waals surface area (Å²) in [6, 6.07) is 0.348. The summed E-state index contributed by atoms with van der Waals surface area (Å²) in [7, 11) is -5.05. The lowest BCUT2D eigenvalue weighted by Crippen LogP contribution is -2.33. The van der Waals surface area contributed by atoms with Crippen molar-refractivity contribution in [1.29, 1.82) is 0 Å². The normalized spacial score (nSPS) is 12.3. The van der Waals surface area contributed by atoms with Crippen LogP contribution in [0.4, 0.5) is 22.0 Å². The molecule has 0 bridgehead atoms. The number of ether oxygens (including phenoxy) is 1. The maximum Gasteiger partial charge on any atom is 0.341 e. The predicted molar refractivity (Wildman–Crippen MR) is 58.0 cm³/mol. The van der Waals surface area contributed by atoms with Gasteiger partial charge in [0.05, 0.1) is 0 Å². The highest BCUT2D eigenvalue weighted by Crippen LogP contribution is 2.19. The molecule has 11 heteroatoms. The Morgan fingerprint density at radius 2 is 1.81 bits per heavy atom. The first-order chi connectivity index (χ1) is 9.41. The quantitative estimate of drug-likeness (QED) is 0.384. The molecule has 1 rings (SSSR count). The minimum atomic E-state index is -5.05. The van der Waals surface area contributed by atoms with Crippen molar-refractivity contribution in [3.05, 3.63) is 35.1 Å². The van der Waals surface area contributed by atoms with E-state index < -0.39 is 57.4 Å². The van der Waals surface area contributed by atoms with Crippen LogP contribution in [0.2, 0.25) is 0 Å². The maximum atomic E-state index is 13.2. The Bertz CT molecular complexity index is 658. The molecule has 1 aromatic carbocycles. The van der Waals surface area contributed by atoms with E-state index in [1.807, 2.05) is 0 Å². The van der Waals surface area contributed by atoms with Crippen LogP contribution in [0.1, 0.15) is 10.4 Å². The Morgan fingerprint density at radius 3 is 2.33 bits per heavy atom. The van der Waals surface area contributed by atoms with Gasteiger partial charge in [-0.05, 0) is 6.07 Å². The van der Waals surface area contributed by atoms with Crippen molar-refractivity contribution in [2.45, 2.75) is 5.92 Å². The summed E-state index contributed by atoms with van der Waals surface area (Å²) in [5.41, 5.74) is -1.27. The van der Waals surface area contributed by atoms with Gasteiger partial charge in [0.1, 0.15) is 17.1 Å². The van der Waals surface area contributed by atoms with Crippen molar-refractivity contribution in [3.63, 3.8) is 0 Å². The monoisotopic (exact) mass is 334 g/mol. The van der Waals surface area contributed by atoms with Crippen LogP contribution >= 0.6 is 0 Å². The van der Waals surface area contributed by atoms with Crippen LogP contribution in [0.25, 0.3) is 0 Å². The van der Waals surface area contributed by atoms with Crippen LogP contribution in [0.5, 0.6) is 0 Å². The van der Waals surface area contributed by atoms with Crippen LogP contribution < -0.4 is 0 Å². The molecule has 0 unspecified atom stereocenters. The highest BCUT2D eigenvalue weighted by Gasteiger charge is 2.37. The summed E-state index contributed by atoms with van der Waals surface area (Å²) < 4.78 is 97.5. The number of halogens is 5. The van der Waals surface area contributed by atoms with Gasteiger partial charge in [-0.1, -0.05) is 0 Å². The van der Waals surface area contributed by atoms with Gasteiger partial charge in [0.2, 0.25) is 0 Å². The molecule has 0 radical (unpaired) electrons. The number of esters is 1. The molecule has 1 N–H and O–H groups in total. The fraction of sp³-hybridized carbons (Fsp3) is 0.300. The van der Waals surface area contributed by atoms with Crippen molar-refractivity contribution in [3.8, 4) is 0 Å². The van der Waals surface area contributed by atoms with Gasteiger partial charge in [0.15, 0.2) is 18.2 Å². The van der Waals surface area contributed by atoms with E-state index in [0.717, 1.165) is 0 Å². The van der Waals surface area contributed by atoms with Crippen LogP contribution in [0.3, 0.4) is 0 Å². The molecular formula is C10H7F5O5S. The van der Waals surface area contributed by atoms with Gasteiger partial charge >= 0.3 is 5.97 Å². The van der Waals surface area contributed by atoms with Crippen molar-refractivity contribution >= 4 is 16.1 Å². The van der Waals surface area contributed by atoms with Gasteiger partial charge in [0, 0.05) is 6.07 Å². The number of hydrogen-bond acceptors (Lipinski definition) is 4. The Kier molecular flexibility index (Phi) is 4.89. The van der Waals surface area contributed by atoms with Gasteiger partial charge in [-0.2, -0.15) is 8.42 Å². The van der Waals surface area contributed by atoms with Crippen molar-refractivity contribution in [2.75, 3.05) is 12.4 Å². The molecule has 0 aliphatic carbocycles. The van der Waals surface area contributed by atoms with Crippen LogP contribution in [0.15, 0.2) is 12.1 Å². The van der Waals surface area contributed by atoms with Crippen molar-refractivity contribution in [2.24, 2.45) is 0 Å². The SMILES string of the molecule is O=C(OCC(F)(F)CS(=O)(=O)O)c1cc(F)cc(F)c1F. The molecule has 0 aliphatic heterocycles. The summed E-state index contributed by atoms with van der Waals surface area (Å²) in [4.78, 5) is 11.2. The van der Waals surface area contributed by atoms with E-state index in [9.17, 15) is 35.2 Å². The van der Waals surface area contributed by atoms with Crippen LogP contribution in [-0.4, -0.2) is 37.2 Å². The summed E-state index contributed by atoms with van der Waals surface area (Å²) >= 11 is 0. The average Bonchev–Trinajstić information content (AvgIpc) is 2.27. The molecule has 21 heavy (non-hydrogen) atoms. The zero-order chi connectivity index (χ0) is 16.4. The lowest BCUT2D eigenvalue weighted by atomic mass is 10.2. The third-order valence-electron chi connectivity index (χ3n) is 2.02. The highest BCUT2D eigenvalue weighted by molar-refractivity contribution is 7.85. The summed E-state index contributed by atoms with van der Waals surface area (Å²) in [6.45, 7) is -1.83. The van der Waals surface area contributed by atoms with E-state index in [1.165, 1.54) is 0 Å². The second-order valence-corrected chi connectivity index (χ2v) is 5.36. The largest absolute Gasteiger partial charge is 0.456 e. The summed E-state index contributed by atoms with van der Waals surface area (Å²) in [6.07, 6.45) is 0. The van der Waals surface area contributed by atoms with E-state index >= 15 is 0 Å². The molecule has 0 aromatic heterocycles. The summed E-state index contributed by atoms with van der Waals surface area (Å²) in [5, 5.41) is 0. The van der Waals surface area contributed by atoms with Crippen LogP contribution in [-0.2, 0) is 14.9 Å². The lowest BCUT2D eigenvalue weighted by Gasteiger charge is -2.14. The smallest absolute Gasteiger partial charge is 0.341 e. The number of hydrogen-bond donors (Lipinski definition) is 1. The molecule has 0 fully saturated rings. The first-order valence-electron chi connectivity index (χ1n) is 5.06. The molecule has 0 saturated heterocycles. The van der Waals surface area contributed by atoms with E-state index in [0.29, 0.717) is 0 Å². The van der Waals surface area contributed by atoms with E-state index in [-0.39, 0.29) is 12.1 Å². The predicted octanol–water partition coefficient (Wildman–Crippen LogP) is 1.78. The third-order valence-corrected chi connectivity index (χ3v) is 2.81. The molecule has 0 saturated carbocycles. The molecule has 1 aromatic rings. The van der Waals surface area contributed by atoms with E-state index in [1.54, 1.807) is 0 Å². The Labute approximate surface area is 115 Å². The van der Waals surface area contributed by atoms with Crippen molar-refractivity contribution < 1.29 is 44.5 Å². The first kappa shape index (κ1) is 17.3. The van der Waals surface area contributed by atoms with Gasteiger partial charge in [-0.25, -0.2) is 26.7 Å². The molecule has 0 spiro atoms. The third kappa shape index (κ3) is 5.27. The fourth-order valence-electron chi connectivity index (χ4n) is 1.26. The second kappa shape index (κ2) is 5.93. The number of benzene rings is 1. The molecule has 0 amide bonds. The minimum Gasteiger partial charge on any atom is -0.456 e. The Balaban J connectivity index is 2.84. The average molecular weight is 334 g/mol. The molecule has 0 atom stereocenters. The number of carbonyl (C=O) groups excluding carboxylic acids is 1. The molecule has 0 heterocycles. The molecule has 5 nitrogen and oxygen atoms in total. The molecule has 0 aliphatic rings. The summed E-state index contributed by atoms with van der Waals surface area (Å²) in [5.74, 6) is -12.9. The molecule has 118 valence electrons. The first-order valence-corrected chi connectivity index (χ1v) is 6.67. The minimum absolute atomic E-state index is 0.124. The Morgan fingerprint density at radius 1 is 1.24 bits per heavy atom. The molecular weight excluding hydrogens is 327 g/mol. The lowest BCUT2D eigenvalue weighted by molar-refractivity contribution is -0.0451. The number of rotatable bonds is 5. The van der Waals surface area contributed by atoms with E-state index in [2.05, 4.69) is 4.74 Å². The number of carbonyl (C=O) groups is 1. The Hall–Kier alpha value is -1.75. The fourth-order valence-corrected chi connectivity index (χ4v) is 1.88. The zero-order valence-electron chi connectivity index (χ0n) is 9.95. The van der Waals surface area contributed by atoms with Gasteiger partial charge < -0.3 is 4.74 Å². The van der Waals surface area contributed by atoms with Gasteiger partial charge in [-0.3, -0.25) is 4.55 Å². The number of alkyl halides is 2. The standard InChI is InChI=1S/C10H7F5O5S/c11-5-1-6(8(13)7(12)2-5)9(16)20-3-10(14,15)4-21(17,18)19/h1-2H,3-4H2,(H,17,18,19). The maximum absolute atomic E-state index is 13.2. The zero-order valence-corrected chi connectivity index (χ0v) is 10.8. The van der Waals surface area contributed by atoms with Crippen LogP contribution in [0, 0.1) is 17.5 Å². The van der Waals surface area contributed by atoms with E-state index in [4.69, 9.17) is 4.55 Å². The highest BCUT2D eigenvalue weighted by atomic mass is 32.2. The topological polar surface area (TPSA) is 80.7 Å². The van der Waals surface area contributed by atoms with Crippen molar-refractivity contribution in [1.82, 2.24) is 0 Å². The second-order valence-electron chi connectivity index (χ2n) is 3.91.